The van der Waals surface area contributed by atoms with Gasteiger partial charge in [-0.3, -0.25) is 14.5 Å². The third-order valence-electron chi connectivity index (χ3n) is 9.54. The van der Waals surface area contributed by atoms with Crippen molar-refractivity contribution in [1.82, 2.24) is 33.6 Å². The third kappa shape index (κ3) is 4.66. The van der Waals surface area contributed by atoms with Crippen molar-refractivity contribution in [3.63, 3.8) is 0 Å². The van der Waals surface area contributed by atoms with Crippen LogP contribution in [0, 0.1) is 0 Å². The highest BCUT2D eigenvalue weighted by atomic mass is 15.1. The minimum atomic E-state index is -1.03. The van der Waals surface area contributed by atoms with Crippen LogP contribution in [0.5, 0.6) is 0 Å². The highest BCUT2D eigenvalue weighted by molar-refractivity contribution is 6.12. The van der Waals surface area contributed by atoms with E-state index in [1.807, 2.05) is 0 Å². The maximum Gasteiger partial charge on any atom is 0.162 e. The van der Waals surface area contributed by atoms with Crippen LogP contribution in [0.4, 0.5) is 0 Å². The predicted octanol–water partition coefficient (Wildman–Crippen LogP) is 11.9. The summed E-state index contributed by atoms with van der Waals surface area (Å²) in [7, 11) is 0. The molecule has 12 rings (SSSR count). The van der Waals surface area contributed by atoms with Gasteiger partial charge in [0.2, 0.25) is 0 Å². The first-order chi connectivity index (χ1) is 38.7. The normalized spacial score (nSPS) is 18.0. The Kier molecular flexibility index (Phi) is 3.39. The highest BCUT2D eigenvalue weighted by Crippen LogP contribution is 2.42. The van der Waals surface area contributed by atoms with E-state index in [1.54, 1.807) is 0 Å². The molecule has 0 bridgehead atoms. The summed E-state index contributed by atoms with van der Waals surface area (Å²) in [6.45, 7) is 0. The molecule has 12 aromatic rings. The van der Waals surface area contributed by atoms with Crippen molar-refractivity contribution in [3.05, 3.63) is 188 Å². The van der Waals surface area contributed by atoms with Gasteiger partial charge in [-0.2, -0.15) is 0 Å². The lowest BCUT2D eigenvalue weighted by atomic mass is 10.1. The summed E-state index contributed by atoms with van der Waals surface area (Å²) in [5.41, 5.74) is -5.65. The van der Waals surface area contributed by atoms with Gasteiger partial charge in [0, 0.05) is 61.9 Å². The quantitative estimate of drug-likeness (QED) is 0.175. The Morgan fingerprint density at radius 3 is 1.54 bits per heavy atom. The first-order valence-corrected chi connectivity index (χ1v) is 17.0. The largest absolute Gasteiger partial charge is 0.306 e. The van der Waals surface area contributed by atoms with E-state index in [0.717, 1.165) is 13.7 Å². The Bertz CT molecular complexity index is 4900. The van der Waals surface area contributed by atoms with E-state index in [0.29, 0.717) is 0 Å². The van der Waals surface area contributed by atoms with Crippen molar-refractivity contribution in [1.29, 1.82) is 0 Å². The Morgan fingerprint density at radius 2 is 0.930 bits per heavy atom. The lowest BCUT2D eigenvalue weighted by molar-refractivity contribution is 1.04. The van der Waals surface area contributed by atoms with Crippen LogP contribution in [0.2, 0.25) is 0 Å². The Hall–Kier alpha value is -7.90. The van der Waals surface area contributed by atoms with Crippen LogP contribution in [0.15, 0.2) is 188 Å². The number of aromatic nitrogens is 7. The van der Waals surface area contributed by atoms with Gasteiger partial charge < -0.3 is 9.13 Å². The van der Waals surface area contributed by atoms with E-state index in [4.69, 9.17) is 20.6 Å². The smallest absolute Gasteiger partial charge is 0.162 e. The number of hydrogen-bond donors (Lipinski definition) is 0. The summed E-state index contributed by atoms with van der Waals surface area (Å²) in [4.78, 5) is 17.9. The van der Waals surface area contributed by atoms with Gasteiger partial charge in [-0.25, -0.2) is 9.97 Å². The minimum absolute atomic E-state index is 0.0500. The van der Waals surface area contributed by atoms with E-state index in [9.17, 15) is 13.7 Å². The number of pyridine rings is 2. The fourth-order valence-corrected chi connectivity index (χ4v) is 7.26. The molecule has 0 N–H and O–H groups in total. The van der Waals surface area contributed by atoms with Crippen molar-refractivity contribution in [3.8, 4) is 39.8 Å². The van der Waals surface area contributed by atoms with Gasteiger partial charge >= 0.3 is 0 Å². The number of benzene rings is 6. The minimum Gasteiger partial charge on any atom is -0.306 e. The van der Waals surface area contributed by atoms with Crippen molar-refractivity contribution in [2.24, 2.45) is 0 Å². The molecule has 7 nitrogen and oxygen atoms in total. The second kappa shape index (κ2) is 12.3. The topological polar surface area (TPSA) is 66.3 Å². The number of hydrogen-bond acceptors (Lipinski definition) is 4. The van der Waals surface area contributed by atoms with Crippen LogP contribution in [0.3, 0.4) is 0 Å². The molecule has 0 saturated heterocycles. The van der Waals surface area contributed by atoms with E-state index >= 15 is 0 Å². The van der Waals surface area contributed by atoms with E-state index in [1.165, 1.54) is 36.9 Å². The maximum absolute atomic E-state index is 10.4. The molecule has 0 unspecified atom stereocenters. The monoisotopic (exact) mass is 754 g/mol. The molecule has 0 saturated carbocycles. The molecule has 0 amide bonds. The zero-order chi connectivity index (χ0) is 59.2. The molecule has 6 heterocycles. The molecule has 0 spiro atoms. The Labute approximate surface area is 361 Å². The molecule has 0 atom stereocenters. The van der Waals surface area contributed by atoms with Crippen LogP contribution in [-0.4, -0.2) is 33.6 Å². The molecule has 266 valence electrons. The standard InChI is InChI=1S/C50H31N7/c1-2-13-32(14-3-1)50-53-40(29-48(54-50)56-42-21-9-5-15-33(42)34-16-6-10-22-43(34)56)39-19-12-24-45(55-41-20-8-4-17-35(41)37-25-27-51-30-46(37)55)49(39)57-44-23-11-7-18-36(44)38-26-28-52-31-47(38)57/h1-31H/i1D,2D,3D,4D,5D,6D,7D,8D,9D,10D,11D,12D,13D,14D,15D,16D,17D,18D,19D,20D,21D,22D,23D,24D,29D. The van der Waals surface area contributed by atoms with Crippen LogP contribution in [0.25, 0.3) is 105 Å². The maximum atomic E-state index is 10.4. The van der Waals surface area contributed by atoms with Crippen LogP contribution >= 0.6 is 0 Å². The molecule has 0 aliphatic carbocycles. The van der Waals surface area contributed by atoms with Gasteiger partial charge in [-0.05, 0) is 42.3 Å². The Balaban J connectivity index is 1.42. The number of rotatable bonds is 5. The molecule has 6 aromatic heterocycles. The van der Waals surface area contributed by atoms with Crippen molar-refractivity contribution in [2.45, 2.75) is 0 Å². The van der Waals surface area contributed by atoms with Crippen molar-refractivity contribution >= 4 is 65.4 Å². The van der Waals surface area contributed by atoms with Crippen LogP contribution in [0.1, 0.15) is 34.3 Å². The van der Waals surface area contributed by atoms with Gasteiger partial charge in [0.05, 0.1) is 96.8 Å². The zero-order valence-corrected chi connectivity index (χ0v) is 28.6. The molecule has 57 heavy (non-hydrogen) atoms. The Morgan fingerprint density at radius 1 is 0.421 bits per heavy atom. The number of para-hydroxylation sites is 5. The third-order valence-corrected chi connectivity index (χ3v) is 9.54. The lowest BCUT2D eigenvalue weighted by Gasteiger charge is -2.21. The fourth-order valence-electron chi connectivity index (χ4n) is 7.26. The van der Waals surface area contributed by atoms with Gasteiger partial charge in [0.1, 0.15) is 5.82 Å². The molecular weight excluding hydrogens is 699 g/mol. The van der Waals surface area contributed by atoms with Gasteiger partial charge in [-0.1, -0.05) is 115 Å². The second-order valence-corrected chi connectivity index (χ2v) is 12.5. The van der Waals surface area contributed by atoms with Crippen molar-refractivity contribution in [2.75, 3.05) is 0 Å². The fraction of sp³-hybridized carbons (Fsp3) is 0. The second-order valence-electron chi connectivity index (χ2n) is 12.5. The molecule has 6 aromatic carbocycles. The van der Waals surface area contributed by atoms with Gasteiger partial charge in [0.15, 0.2) is 5.82 Å². The summed E-state index contributed by atoms with van der Waals surface area (Å²) in [5.74, 6) is -1.76. The van der Waals surface area contributed by atoms with Crippen LogP contribution in [-0.2, 0) is 0 Å². The lowest BCUT2D eigenvalue weighted by Crippen LogP contribution is -2.08. The van der Waals surface area contributed by atoms with E-state index in [2.05, 4.69) is 19.9 Å². The predicted molar refractivity (Wildman–Crippen MR) is 232 cm³/mol. The zero-order valence-electron chi connectivity index (χ0n) is 53.6. The summed E-state index contributed by atoms with van der Waals surface area (Å²) in [6.07, 6.45) is 5.09. The van der Waals surface area contributed by atoms with E-state index < -0.39 is 213 Å². The van der Waals surface area contributed by atoms with Crippen LogP contribution < -0.4 is 0 Å². The molecule has 0 aliphatic rings. The SMILES string of the molecule is [2H]c1c(-c2c([2H])c([2H])c([2H])c(-n3c4cnccc4c4c([2H])c([2H])c([2H])c([2H])c43)c2-n2c3cnccc3c3c([2H])c([2H])c([2H])c([2H])c32)nc(-c2c([2H])c([2H])c([2H])c([2H])c2[2H])nc1-n1c2c([2H])c([2H])c([2H])c([2H])c2c2c([2H])c([2H])c([2H])c([2H])c21. The molecule has 7 heteroatoms. The van der Waals surface area contributed by atoms with Gasteiger partial charge in [-0.15, -0.1) is 0 Å². The summed E-state index contributed by atoms with van der Waals surface area (Å²) < 4.78 is 232. The van der Waals surface area contributed by atoms with Crippen molar-refractivity contribution < 1.29 is 34.3 Å². The summed E-state index contributed by atoms with van der Waals surface area (Å²) >= 11 is 0. The number of fused-ring (bicyclic) bond motifs is 9. The average Bonchev–Trinajstić information content (AvgIpc) is 1.59. The van der Waals surface area contributed by atoms with Gasteiger partial charge in [0.25, 0.3) is 0 Å². The van der Waals surface area contributed by atoms with E-state index in [-0.39, 0.29) is 43.6 Å². The molecule has 0 radical (unpaired) electrons. The molecular formula is C50H31N7. The first-order valence-electron chi connectivity index (χ1n) is 29.5. The summed E-state index contributed by atoms with van der Waals surface area (Å²) in [5, 5.41) is -1.09. The summed E-state index contributed by atoms with van der Waals surface area (Å²) in [6, 6.07) is -18.0. The average molecular weight is 755 g/mol. The first kappa shape index (κ1) is 15.7. The molecule has 0 aliphatic heterocycles. The number of nitrogens with zero attached hydrogens (tertiary/aromatic N) is 7. The highest BCUT2D eigenvalue weighted by Gasteiger charge is 2.24. The molecule has 0 fully saturated rings.